The van der Waals surface area contributed by atoms with E-state index in [1.165, 1.54) is 5.56 Å². The van der Waals surface area contributed by atoms with Gasteiger partial charge in [0.15, 0.2) is 0 Å². The molecule has 0 atom stereocenters. The Morgan fingerprint density at radius 2 is 1.84 bits per heavy atom. The third-order valence-electron chi connectivity index (χ3n) is 4.61. The average molecular weight is 335 g/mol. The molecule has 3 heterocycles. The molecule has 3 aromatic rings. The van der Waals surface area contributed by atoms with Crippen LogP contribution in [0.5, 0.6) is 5.88 Å². The minimum absolute atomic E-state index is 0.670. The third kappa shape index (κ3) is 3.39. The number of aromatic nitrogens is 3. The third-order valence-corrected chi connectivity index (χ3v) is 4.61. The van der Waals surface area contributed by atoms with Crippen molar-refractivity contribution in [3.63, 3.8) is 0 Å². The monoisotopic (exact) mass is 335 g/mol. The SMILES string of the molecule is COc1cc(CN2CCN(c3ncnc4ccccc34)CC2)ccn1. The molecule has 0 spiro atoms. The molecule has 25 heavy (non-hydrogen) atoms. The van der Waals surface area contributed by atoms with Crippen molar-refractivity contribution in [3.05, 3.63) is 54.5 Å². The molecule has 0 bridgehead atoms. The summed E-state index contributed by atoms with van der Waals surface area (Å²) >= 11 is 0. The lowest BCUT2D eigenvalue weighted by Gasteiger charge is -2.35. The lowest BCUT2D eigenvalue weighted by atomic mass is 10.2. The maximum Gasteiger partial charge on any atom is 0.213 e. The van der Waals surface area contributed by atoms with Gasteiger partial charge in [-0.2, -0.15) is 0 Å². The topological polar surface area (TPSA) is 54.4 Å². The van der Waals surface area contributed by atoms with Crippen LogP contribution in [0, 0.1) is 0 Å². The van der Waals surface area contributed by atoms with E-state index in [9.17, 15) is 0 Å². The van der Waals surface area contributed by atoms with E-state index < -0.39 is 0 Å². The number of nitrogens with zero attached hydrogens (tertiary/aromatic N) is 5. The summed E-state index contributed by atoms with van der Waals surface area (Å²) in [6.07, 6.45) is 3.46. The zero-order valence-electron chi connectivity index (χ0n) is 14.3. The summed E-state index contributed by atoms with van der Waals surface area (Å²) in [7, 11) is 1.65. The number of rotatable bonds is 4. The molecule has 0 N–H and O–H groups in total. The van der Waals surface area contributed by atoms with Crippen molar-refractivity contribution >= 4 is 16.7 Å². The molecule has 0 radical (unpaired) electrons. The summed E-state index contributed by atoms with van der Waals surface area (Å²) in [5.41, 5.74) is 2.23. The van der Waals surface area contributed by atoms with E-state index in [0.717, 1.165) is 49.4 Å². The van der Waals surface area contributed by atoms with Gasteiger partial charge < -0.3 is 9.64 Å². The first-order valence-corrected chi connectivity index (χ1v) is 8.49. The van der Waals surface area contributed by atoms with Crippen molar-refractivity contribution in [2.45, 2.75) is 6.54 Å². The highest BCUT2D eigenvalue weighted by Gasteiger charge is 2.20. The first-order chi connectivity index (χ1) is 12.3. The molecule has 0 aliphatic carbocycles. The van der Waals surface area contributed by atoms with E-state index in [1.54, 1.807) is 19.6 Å². The number of benzene rings is 1. The number of anilines is 1. The van der Waals surface area contributed by atoms with Gasteiger partial charge in [-0.3, -0.25) is 4.90 Å². The first kappa shape index (κ1) is 15.8. The van der Waals surface area contributed by atoms with Gasteiger partial charge >= 0.3 is 0 Å². The van der Waals surface area contributed by atoms with Crippen molar-refractivity contribution < 1.29 is 4.74 Å². The minimum atomic E-state index is 0.670. The van der Waals surface area contributed by atoms with Crippen molar-refractivity contribution in [2.75, 3.05) is 38.2 Å². The Kier molecular flexibility index (Phi) is 4.43. The fraction of sp³-hybridized carbons (Fsp3) is 0.316. The van der Waals surface area contributed by atoms with Gasteiger partial charge in [-0.25, -0.2) is 15.0 Å². The van der Waals surface area contributed by atoms with Crippen molar-refractivity contribution in [1.29, 1.82) is 0 Å². The predicted molar refractivity (Wildman–Crippen MR) is 97.8 cm³/mol. The number of piperazine rings is 1. The number of fused-ring (bicyclic) bond motifs is 1. The average Bonchev–Trinajstić information content (AvgIpc) is 2.68. The number of pyridine rings is 1. The highest BCUT2D eigenvalue weighted by Crippen LogP contribution is 2.24. The van der Waals surface area contributed by atoms with Crippen LogP contribution in [0.1, 0.15) is 5.56 Å². The summed E-state index contributed by atoms with van der Waals surface area (Å²) in [6, 6.07) is 12.2. The first-order valence-electron chi connectivity index (χ1n) is 8.49. The summed E-state index contributed by atoms with van der Waals surface area (Å²) in [5, 5.41) is 1.12. The highest BCUT2D eigenvalue weighted by molar-refractivity contribution is 5.89. The van der Waals surface area contributed by atoms with Crippen LogP contribution in [-0.4, -0.2) is 53.1 Å². The molecule has 128 valence electrons. The second-order valence-corrected chi connectivity index (χ2v) is 6.18. The van der Waals surface area contributed by atoms with Crippen LogP contribution in [-0.2, 0) is 6.54 Å². The van der Waals surface area contributed by atoms with Crippen LogP contribution in [0.4, 0.5) is 5.82 Å². The van der Waals surface area contributed by atoms with Gasteiger partial charge in [-0.15, -0.1) is 0 Å². The summed E-state index contributed by atoms with van der Waals surface area (Å²) in [4.78, 5) is 17.9. The molecule has 0 saturated carbocycles. The van der Waals surface area contributed by atoms with Crippen LogP contribution in [0.15, 0.2) is 48.9 Å². The normalized spacial score (nSPS) is 15.5. The van der Waals surface area contributed by atoms with Crippen LogP contribution in [0.25, 0.3) is 10.9 Å². The zero-order chi connectivity index (χ0) is 17.1. The molecule has 1 aliphatic rings. The Morgan fingerprint density at radius 3 is 2.68 bits per heavy atom. The maximum absolute atomic E-state index is 5.21. The molecule has 4 rings (SSSR count). The van der Waals surface area contributed by atoms with Crippen molar-refractivity contribution in [1.82, 2.24) is 19.9 Å². The van der Waals surface area contributed by atoms with Gasteiger partial charge in [0.2, 0.25) is 5.88 Å². The van der Waals surface area contributed by atoms with E-state index in [-0.39, 0.29) is 0 Å². The predicted octanol–water partition coefficient (Wildman–Crippen LogP) is 2.36. The zero-order valence-corrected chi connectivity index (χ0v) is 14.3. The number of ether oxygens (including phenoxy) is 1. The largest absolute Gasteiger partial charge is 0.481 e. The molecule has 0 unspecified atom stereocenters. The van der Waals surface area contributed by atoms with Gasteiger partial charge in [0.25, 0.3) is 0 Å². The maximum atomic E-state index is 5.21. The minimum Gasteiger partial charge on any atom is -0.481 e. The van der Waals surface area contributed by atoms with Crippen LogP contribution in [0.2, 0.25) is 0 Å². The van der Waals surface area contributed by atoms with E-state index in [4.69, 9.17) is 4.74 Å². The molecule has 2 aromatic heterocycles. The van der Waals surface area contributed by atoms with Gasteiger partial charge in [0.1, 0.15) is 12.1 Å². The lowest BCUT2D eigenvalue weighted by molar-refractivity contribution is 0.249. The van der Waals surface area contributed by atoms with Crippen LogP contribution in [0.3, 0.4) is 0 Å². The summed E-state index contributed by atoms with van der Waals surface area (Å²) < 4.78 is 5.21. The number of hydrogen-bond acceptors (Lipinski definition) is 6. The molecular weight excluding hydrogens is 314 g/mol. The Balaban J connectivity index is 1.44. The molecule has 6 nitrogen and oxygen atoms in total. The van der Waals surface area contributed by atoms with Gasteiger partial charge in [0.05, 0.1) is 12.6 Å². The summed E-state index contributed by atoms with van der Waals surface area (Å²) in [6.45, 7) is 4.84. The van der Waals surface area contributed by atoms with E-state index in [0.29, 0.717) is 5.88 Å². The molecular formula is C19H21N5O. The highest BCUT2D eigenvalue weighted by atomic mass is 16.5. The molecule has 1 saturated heterocycles. The molecule has 1 fully saturated rings. The molecule has 0 amide bonds. The molecule has 1 aliphatic heterocycles. The van der Waals surface area contributed by atoms with Gasteiger partial charge in [-0.05, 0) is 23.8 Å². The van der Waals surface area contributed by atoms with Crippen molar-refractivity contribution in [2.24, 2.45) is 0 Å². The van der Waals surface area contributed by atoms with Crippen LogP contribution < -0.4 is 9.64 Å². The number of hydrogen-bond donors (Lipinski definition) is 0. The lowest BCUT2D eigenvalue weighted by Crippen LogP contribution is -2.46. The fourth-order valence-electron chi connectivity index (χ4n) is 3.28. The Labute approximate surface area is 147 Å². The second-order valence-electron chi connectivity index (χ2n) is 6.18. The molecule has 1 aromatic carbocycles. The Hall–Kier alpha value is -2.73. The van der Waals surface area contributed by atoms with E-state index >= 15 is 0 Å². The van der Waals surface area contributed by atoms with E-state index in [1.807, 2.05) is 30.3 Å². The van der Waals surface area contributed by atoms with Crippen LogP contribution >= 0.6 is 0 Å². The summed E-state index contributed by atoms with van der Waals surface area (Å²) in [5.74, 6) is 1.71. The number of para-hydroxylation sites is 1. The Morgan fingerprint density at radius 1 is 1.00 bits per heavy atom. The smallest absolute Gasteiger partial charge is 0.213 e. The standard InChI is InChI=1S/C19H21N5O/c1-25-18-12-15(6-7-20-18)13-23-8-10-24(11-9-23)19-16-4-2-3-5-17(16)21-14-22-19/h2-7,12,14H,8-11,13H2,1H3. The van der Waals surface area contributed by atoms with E-state index in [2.05, 4.69) is 30.8 Å². The fourth-order valence-corrected chi connectivity index (χ4v) is 3.28. The second kappa shape index (κ2) is 7.03. The van der Waals surface area contributed by atoms with Crippen molar-refractivity contribution in [3.8, 4) is 5.88 Å². The Bertz CT molecular complexity index is 856. The number of methoxy groups -OCH3 is 1. The molecule has 6 heteroatoms. The quantitative estimate of drug-likeness (QED) is 0.729. The van der Waals surface area contributed by atoms with Gasteiger partial charge in [0, 0.05) is 50.4 Å². The van der Waals surface area contributed by atoms with Gasteiger partial charge in [-0.1, -0.05) is 12.1 Å².